The lowest BCUT2D eigenvalue weighted by Gasteiger charge is -2.43. The molecule has 0 aliphatic carbocycles. The molecule has 0 saturated heterocycles. The fourth-order valence-corrected chi connectivity index (χ4v) is 4.53. The normalized spacial score (nSPS) is 17.5. The zero-order valence-electron chi connectivity index (χ0n) is 18.4. The molecular formula is C27H27FN2O2. The van der Waals surface area contributed by atoms with E-state index in [1.165, 1.54) is 12.1 Å². The Labute approximate surface area is 188 Å². The highest BCUT2D eigenvalue weighted by atomic mass is 19.1. The average molecular weight is 431 g/mol. The standard InChI is InChI=1S/C27H27FN2O2/c1-3-26(31)29-19(2)17-25(23-11-7-8-12-24(23)29)30(22-9-5-4-6-10-22)27(32)18-20-13-15-21(28)16-14-20/h4-16,19,25H,3,17-18H2,1-2H3/t19-,25-/m0/s1. The van der Waals surface area contributed by atoms with Gasteiger partial charge < -0.3 is 9.80 Å². The van der Waals surface area contributed by atoms with Crippen molar-refractivity contribution in [2.24, 2.45) is 0 Å². The number of rotatable bonds is 5. The maximum absolute atomic E-state index is 13.6. The number of para-hydroxylation sites is 2. The molecule has 0 radical (unpaired) electrons. The summed E-state index contributed by atoms with van der Waals surface area (Å²) in [5, 5.41) is 0. The lowest BCUT2D eigenvalue weighted by atomic mass is 9.89. The van der Waals surface area contributed by atoms with E-state index in [1.807, 2.05) is 78.2 Å². The van der Waals surface area contributed by atoms with E-state index in [4.69, 9.17) is 0 Å². The van der Waals surface area contributed by atoms with Gasteiger partial charge in [0.15, 0.2) is 0 Å². The summed E-state index contributed by atoms with van der Waals surface area (Å²) in [6.45, 7) is 3.90. The molecular weight excluding hydrogens is 403 g/mol. The topological polar surface area (TPSA) is 40.6 Å². The molecule has 1 aliphatic heterocycles. The summed E-state index contributed by atoms with van der Waals surface area (Å²) >= 11 is 0. The van der Waals surface area contributed by atoms with E-state index in [-0.39, 0.29) is 36.1 Å². The zero-order valence-corrected chi connectivity index (χ0v) is 18.4. The van der Waals surface area contributed by atoms with Crippen LogP contribution in [0.1, 0.15) is 43.9 Å². The molecule has 32 heavy (non-hydrogen) atoms. The van der Waals surface area contributed by atoms with E-state index in [0.717, 1.165) is 22.5 Å². The molecule has 0 bridgehead atoms. The van der Waals surface area contributed by atoms with Crippen molar-refractivity contribution in [2.75, 3.05) is 9.80 Å². The Balaban J connectivity index is 1.76. The first-order valence-electron chi connectivity index (χ1n) is 11.0. The first kappa shape index (κ1) is 21.8. The van der Waals surface area contributed by atoms with Crippen LogP contribution < -0.4 is 9.80 Å². The Morgan fingerprint density at radius 1 is 0.969 bits per heavy atom. The van der Waals surface area contributed by atoms with Crippen molar-refractivity contribution in [1.82, 2.24) is 0 Å². The third-order valence-electron chi connectivity index (χ3n) is 6.01. The van der Waals surface area contributed by atoms with Gasteiger partial charge in [-0.15, -0.1) is 0 Å². The minimum absolute atomic E-state index is 0.0489. The molecule has 3 aromatic rings. The highest BCUT2D eigenvalue weighted by molar-refractivity contribution is 5.98. The molecule has 3 aromatic carbocycles. The summed E-state index contributed by atoms with van der Waals surface area (Å²) in [7, 11) is 0. The third kappa shape index (κ3) is 4.28. The molecule has 0 N–H and O–H groups in total. The van der Waals surface area contributed by atoms with Gasteiger partial charge in [-0.25, -0.2) is 4.39 Å². The van der Waals surface area contributed by atoms with Crippen LogP contribution >= 0.6 is 0 Å². The third-order valence-corrected chi connectivity index (χ3v) is 6.01. The number of benzene rings is 3. The molecule has 0 fully saturated rings. The van der Waals surface area contributed by atoms with Gasteiger partial charge in [-0.2, -0.15) is 0 Å². The number of amides is 2. The minimum atomic E-state index is -0.322. The predicted molar refractivity (Wildman–Crippen MR) is 125 cm³/mol. The second-order valence-electron chi connectivity index (χ2n) is 8.18. The van der Waals surface area contributed by atoms with Crippen molar-refractivity contribution in [3.8, 4) is 0 Å². The van der Waals surface area contributed by atoms with Crippen LogP contribution in [0, 0.1) is 5.82 Å². The predicted octanol–water partition coefficient (Wildman–Crippen LogP) is 5.68. The molecule has 1 heterocycles. The quantitative estimate of drug-likeness (QED) is 0.523. The van der Waals surface area contributed by atoms with Gasteiger partial charge in [0.1, 0.15) is 5.82 Å². The second kappa shape index (κ2) is 9.35. The summed E-state index contributed by atoms with van der Waals surface area (Å²) in [5.74, 6) is -0.311. The van der Waals surface area contributed by atoms with Gasteiger partial charge in [0, 0.05) is 23.8 Å². The Kier molecular flexibility index (Phi) is 6.35. The van der Waals surface area contributed by atoms with Gasteiger partial charge in [-0.3, -0.25) is 9.59 Å². The van der Waals surface area contributed by atoms with Crippen molar-refractivity contribution < 1.29 is 14.0 Å². The van der Waals surface area contributed by atoms with Crippen LogP contribution in [0.25, 0.3) is 0 Å². The van der Waals surface area contributed by atoms with Crippen molar-refractivity contribution in [2.45, 2.75) is 45.2 Å². The van der Waals surface area contributed by atoms with Crippen LogP contribution in [0.3, 0.4) is 0 Å². The minimum Gasteiger partial charge on any atom is -0.309 e. The Morgan fingerprint density at radius 2 is 1.62 bits per heavy atom. The molecule has 1 aliphatic rings. The van der Waals surface area contributed by atoms with Gasteiger partial charge in [0.25, 0.3) is 0 Å². The average Bonchev–Trinajstić information content (AvgIpc) is 2.81. The monoisotopic (exact) mass is 430 g/mol. The van der Waals surface area contributed by atoms with Crippen molar-refractivity contribution in [1.29, 1.82) is 0 Å². The first-order valence-corrected chi connectivity index (χ1v) is 11.0. The number of fused-ring (bicyclic) bond motifs is 1. The number of carbonyl (C=O) groups is 2. The highest BCUT2D eigenvalue weighted by Crippen LogP contribution is 2.42. The highest BCUT2D eigenvalue weighted by Gasteiger charge is 2.38. The fourth-order valence-electron chi connectivity index (χ4n) is 4.53. The van der Waals surface area contributed by atoms with Crippen molar-refractivity contribution >= 4 is 23.2 Å². The Bertz CT molecular complexity index is 1100. The summed E-state index contributed by atoms with van der Waals surface area (Å²) < 4.78 is 13.4. The van der Waals surface area contributed by atoms with Gasteiger partial charge in [0.2, 0.25) is 11.8 Å². The summed E-state index contributed by atoms with van der Waals surface area (Å²) in [4.78, 5) is 30.0. The number of halogens is 1. The zero-order chi connectivity index (χ0) is 22.7. The van der Waals surface area contributed by atoms with E-state index in [2.05, 4.69) is 0 Å². The molecule has 0 saturated carbocycles. The van der Waals surface area contributed by atoms with Crippen LogP contribution in [0.2, 0.25) is 0 Å². The number of hydrogen-bond acceptors (Lipinski definition) is 2. The molecule has 4 nitrogen and oxygen atoms in total. The van der Waals surface area contributed by atoms with Gasteiger partial charge in [-0.05, 0) is 54.8 Å². The van der Waals surface area contributed by atoms with Gasteiger partial charge >= 0.3 is 0 Å². The second-order valence-corrected chi connectivity index (χ2v) is 8.18. The lowest BCUT2D eigenvalue weighted by molar-refractivity contribution is -0.118. The summed E-state index contributed by atoms with van der Waals surface area (Å²) in [5.41, 5.74) is 3.39. The van der Waals surface area contributed by atoms with E-state index >= 15 is 0 Å². The number of hydrogen-bond donors (Lipinski definition) is 0. The number of anilines is 2. The fraction of sp³-hybridized carbons (Fsp3) is 0.259. The van der Waals surface area contributed by atoms with Crippen LogP contribution in [-0.4, -0.2) is 17.9 Å². The molecule has 0 unspecified atom stereocenters. The molecule has 164 valence electrons. The van der Waals surface area contributed by atoms with E-state index in [1.54, 1.807) is 12.1 Å². The van der Waals surface area contributed by atoms with Crippen LogP contribution in [0.5, 0.6) is 0 Å². The molecule has 2 amide bonds. The number of carbonyl (C=O) groups excluding carboxylic acids is 2. The van der Waals surface area contributed by atoms with Gasteiger partial charge in [-0.1, -0.05) is 55.5 Å². The molecule has 0 spiro atoms. The molecule has 0 aromatic heterocycles. The molecule has 5 heteroatoms. The van der Waals surface area contributed by atoms with E-state index in [0.29, 0.717) is 12.8 Å². The first-order chi connectivity index (χ1) is 15.5. The Hall–Kier alpha value is -3.47. The largest absolute Gasteiger partial charge is 0.309 e. The van der Waals surface area contributed by atoms with Crippen LogP contribution in [0.15, 0.2) is 78.9 Å². The van der Waals surface area contributed by atoms with Gasteiger partial charge in [0.05, 0.1) is 12.5 Å². The summed E-state index contributed by atoms with van der Waals surface area (Å²) in [6.07, 6.45) is 1.22. The van der Waals surface area contributed by atoms with Crippen LogP contribution in [-0.2, 0) is 16.0 Å². The van der Waals surface area contributed by atoms with Crippen molar-refractivity contribution in [3.63, 3.8) is 0 Å². The SMILES string of the molecule is CCC(=O)N1c2ccccc2[C@@H](N(C(=O)Cc2ccc(F)cc2)c2ccccc2)C[C@@H]1C. The molecule has 2 atom stereocenters. The lowest BCUT2D eigenvalue weighted by Crippen LogP contribution is -2.48. The summed E-state index contributed by atoms with van der Waals surface area (Å²) in [6, 6.07) is 23.2. The molecule has 4 rings (SSSR count). The number of nitrogens with zero attached hydrogens (tertiary/aromatic N) is 2. The maximum Gasteiger partial charge on any atom is 0.231 e. The van der Waals surface area contributed by atoms with Crippen LogP contribution in [0.4, 0.5) is 15.8 Å². The Morgan fingerprint density at radius 3 is 2.31 bits per heavy atom. The smallest absolute Gasteiger partial charge is 0.231 e. The maximum atomic E-state index is 13.6. The van der Waals surface area contributed by atoms with Crippen molar-refractivity contribution in [3.05, 3.63) is 95.8 Å². The van der Waals surface area contributed by atoms with E-state index < -0.39 is 0 Å². The van der Waals surface area contributed by atoms with E-state index in [9.17, 15) is 14.0 Å².